The lowest BCUT2D eigenvalue weighted by Gasteiger charge is -2.45. The Bertz CT molecular complexity index is 1030. The molecular weight excluding hydrogens is 456 g/mol. The zero-order valence-electron chi connectivity index (χ0n) is 20.4. The average molecular weight is 491 g/mol. The standard InChI is InChI=1S/C30H35ClO2Si/c1-30(2,3)34(25-10-6-4-7-11-25,26-12-8-5-9-13-26)33-24-20-28-27(29(28)21-24)18-19-32-23-16-14-22(31)15-17-23/h4-17,24,27-29H,18-21H2,1-3H3. The number of hydrogen-bond acceptors (Lipinski definition) is 2. The van der Waals surface area contributed by atoms with Crippen molar-refractivity contribution in [3.63, 3.8) is 0 Å². The van der Waals surface area contributed by atoms with E-state index in [1.165, 1.54) is 23.2 Å². The first-order chi connectivity index (χ1) is 16.4. The van der Waals surface area contributed by atoms with Gasteiger partial charge in [-0.3, -0.25) is 0 Å². The first-order valence-electron chi connectivity index (χ1n) is 12.6. The van der Waals surface area contributed by atoms with Gasteiger partial charge in [0, 0.05) is 11.1 Å². The van der Waals surface area contributed by atoms with E-state index in [1.54, 1.807) is 0 Å². The third kappa shape index (κ3) is 4.58. The second-order valence-corrected chi connectivity index (χ2v) is 15.6. The van der Waals surface area contributed by atoms with Crippen molar-refractivity contribution in [3.05, 3.63) is 90.0 Å². The molecule has 5 rings (SSSR count). The zero-order valence-corrected chi connectivity index (χ0v) is 22.2. The minimum atomic E-state index is -2.46. The molecule has 2 saturated carbocycles. The van der Waals surface area contributed by atoms with Crippen LogP contribution in [0, 0.1) is 17.8 Å². The van der Waals surface area contributed by atoms with Crippen LogP contribution >= 0.6 is 11.6 Å². The fourth-order valence-corrected chi connectivity index (χ4v) is 11.1. The second kappa shape index (κ2) is 9.52. The molecule has 3 aromatic carbocycles. The van der Waals surface area contributed by atoms with Crippen LogP contribution in [0.3, 0.4) is 0 Å². The van der Waals surface area contributed by atoms with Gasteiger partial charge in [0.2, 0.25) is 0 Å². The molecule has 4 heteroatoms. The van der Waals surface area contributed by atoms with Crippen LogP contribution in [0.25, 0.3) is 0 Å². The van der Waals surface area contributed by atoms with Crippen LogP contribution in [0.5, 0.6) is 5.75 Å². The monoisotopic (exact) mass is 490 g/mol. The summed E-state index contributed by atoms with van der Waals surface area (Å²) < 4.78 is 13.3. The van der Waals surface area contributed by atoms with E-state index in [1.807, 2.05) is 24.3 Å². The van der Waals surface area contributed by atoms with Crippen LogP contribution < -0.4 is 15.1 Å². The van der Waals surface area contributed by atoms with Crippen molar-refractivity contribution in [3.8, 4) is 5.75 Å². The average Bonchev–Trinajstić information content (AvgIpc) is 3.28. The van der Waals surface area contributed by atoms with Gasteiger partial charge in [0.25, 0.3) is 8.32 Å². The molecular formula is C30H35ClO2Si. The maximum Gasteiger partial charge on any atom is 0.261 e. The van der Waals surface area contributed by atoms with Gasteiger partial charge in [-0.15, -0.1) is 0 Å². The summed E-state index contributed by atoms with van der Waals surface area (Å²) in [5.41, 5.74) is 0. The molecule has 0 radical (unpaired) electrons. The number of rotatable bonds is 8. The third-order valence-electron chi connectivity index (χ3n) is 7.87. The Kier molecular flexibility index (Phi) is 6.63. The SMILES string of the molecule is CC(C)(C)[Si](OC1CC2C(CCOc3ccc(Cl)cc3)C2C1)(c1ccccc1)c1ccccc1. The highest BCUT2D eigenvalue weighted by Gasteiger charge is 2.59. The fourth-order valence-electron chi connectivity index (χ4n) is 6.24. The summed E-state index contributed by atoms with van der Waals surface area (Å²) in [7, 11) is -2.46. The third-order valence-corrected chi connectivity index (χ3v) is 13.2. The van der Waals surface area contributed by atoms with Crippen molar-refractivity contribution >= 4 is 30.3 Å². The summed E-state index contributed by atoms with van der Waals surface area (Å²) in [5.74, 6) is 3.27. The smallest absolute Gasteiger partial charge is 0.261 e. The fraction of sp³-hybridized carbons (Fsp3) is 0.400. The van der Waals surface area contributed by atoms with Crippen molar-refractivity contribution in [2.45, 2.75) is 51.2 Å². The van der Waals surface area contributed by atoms with Crippen LogP contribution in [-0.2, 0) is 4.43 Å². The molecule has 2 atom stereocenters. The van der Waals surface area contributed by atoms with Gasteiger partial charge in [0.15, 0.2) is 0 Å². The Morgan fingerprint density at radius 1 is 0.794 bits per heavy atom. The van der Waals surface area contributed by atoms with Crippen LogP contribution in [0.4, 0.5) is 0 Å². The number of fused-ring (bicyclic) bond motifs is 1. The number of hydrogen-bond donors (Lipinski definition) is 0. The molecule has 2 aliphatic rings. The van der Waals surface area contributed by atoms with Gasteiger partial charge >= 0.3 is 0 Å². The van der Waals surface area contributed by atoms with Gasteiger partial charge in [-0.05, 0) is 76.7 Å². The summed E-state index contributed by atoms with van der Waals surface area (Å²) in [6, 6.07) is 29.7. The maximum atomic E-state index is 7.36. The highest BCUT2D eigenvalue weighted by molar-refractivity contribution is 6.99. The Hall–Kier alpha value is -2.07. The summed E-state index contributed by atoms with van der Waals surface area (Å²) in [6.45, 7) is 7.88. The van der Waals surface area contributed by atoms with Crippen LogP contribution in [-0.4, -0.2) is 21.0 Å². The molecule has 178 valence electrons. The van der Waals surface area contributed by atoms with Gasteiger partial charge in [-0.1, -0.05) is 93.0 Å². The van der Waals surface area contributed by atoms with Crippen molar-refractivity contribution < 1.29 is 9.16 Å². The topological polar surface area (TPSA) is 18.5 Å². The van der Waals surface area contributed by atoms with E-state index in [9.17, 15) is 0 Å². The first kappa shape index (κ1) is 23.7. The molecule has 3 aromatic rings. The molecule has 2 aliphatic carbocycles. The molecule has 34 heavy (non-hydrogen) atoms. The van der Waals surface area contributed by atoms with E-state index in [-0.39, 0.29) is 5.04 Å². The Labute approximate surface area is 210 Å². The largest absolute Gasteiger partial charge is 0.494 e. The molecule has 0 amide bonds. The number of benzene rings is 3. The van der Waals surface area contributed by atoms with Crippen molar-refractivity contribution in [1.82, 2.24) is 0 Å². The Morgan fingerprint density at radius 3 is 1.82 bits per heavy atom. The Balaban J connectivity index is 1.27. The molecule has 2 nitrogen and oxygen atoms in total. The summed E-state index contributed by atoms with van der Waals surface area (Å²) in [5, 5.41) is 3.54. The minimum absolute atomic E-state index is 0.0360. The van der Waals surface area contributed by atoms with E-state index >= 15 is 0 Å². The molecule has 2 unspecified atom stereocenters. The van der Waals surface area contributed by atoms with Crippen molar-refractivity contribution in [2.75, 3.05) is 6.61 Å². The molecule has 0 bridgehead atoms. The van der Waals surface area contributed by atoms with Crippen LogP contribution in [0.2, 0.25) is 10.1 Å². The van der Waals surface area contributed by atoms with E-state index < -0.39 is 8.32 Å². The summed E-state index contributed by atoms with van der Waals surface area (Å²) in [6.07, 6.45) is 3.83. The highest BCUT2D eigenvalue weighted by atomic mass is 35.5. The molecule has 0 heterocycles. The van der Waals surface area contributed by atoms with Gasteiger partial charge in [0.05, 0.1) is 6.61 Å². The lowest BCUT2D eigenvalue weighted by Crippen LogP contribution is -2.67. The van der Waals surface area contributed by atoms with Gasteiger partial charge in [-0.2, -0.15) is 0 Å². The normalized spacial score (nSPS) is 24.0. The van der Waals surface area contributed by atoms with E-state index in [4.69, 9.17) is 20.8 Å². The van der Waals surface area contributed by atoms with Crippen LogP contribution in [0.15, 0.2) is 84.9 Å². The molecule has 0 saturated heterocycles. The Morgan fingerprint density at radius 2 is 1.32 bits per heavy atom. The molecule has 0 spiro atoms. The molecule has 0 aliphatic heterocycles. The summed E-state index contributed by atoms with van der Waals surface area (Å²) in [4.78, 5) is 0. The molecule has 0 N–H and O–H groups in total. The van der Waals surface area contributed by atoms with Gasteiger partial charge in [-0.25, -0.2) is 0 Å². The predicted octanol–water partition coefficient (Wildman–Crippen LogP) is 6.71. The van der Waals surface area contributed by atoms with Crippen molar-refractivity contribution in [1.29, 1.82) is 0 Å². The van der Waals surface area contributed by atoms with E-state index in [0.717, 1.165) is 41.6 Å². The summed E-state index contributed by atoms with van der Waals surface area (Å²) >= 11 is 5.97. The predicted molar refractivity (Wildman–Crippen MR) is 144 cm³/mol. The van der Waals surface area contributed by atoms with Crippen molar-refractivity contribution in [2.24, 2.45) is 17.8 Å². The van der Waals surface area contributed by atoms with E-state index in [2.05, 4.69) is 81.4 Å². The number of ether oxygens (including phenoxy) is 1. The quantitative estimate of drug-likeness (QED) is 0.327. The second-order valence-electron chi connectivity index (χ2n) is 11.0. The first-order valence-corrected chi connectivity index (χ1v) is 14.8. The maximum absolute atomic E-state index is 7.36. The highest BCUT2D eigenvalue weighted by Crippen LogP contribution is 2.60. The van der Waals surface area contributed by atoms with Gasteiger partial charge in [0.1, 0.15) is 5.75 Å². The van der Waals surface area contributed by atoms with E-state index in [0.29, 0.717) is 6.10 Å². The molecule has 0 aromatic heterocycles. The number of halogens is 1. The lowest BCUT2D eigenvalue weighted by molar-refractivity contribution is 0.169. The lowest BCUT2D eigenvalue weighted by atomic mass is 10.1. The van der Waals surface area contributed by atoms with Crippen LogP contribution in [0.1, 0.15) is 40.0 Å². The zero-order chi connectivity index (χ0) is 23.8. The minimum Gasteiger partial charge on any atom is -0.494 e. The van der Waals surface area contributed by atoms with Gasteiger partial charge < -0.3 is 9.16 Å². The molecule has 2 fully saturated rings.